The molecule has 0 atom stereocenters. The van der Waals surface area contributed by atoms with Gasteiger partial charge in [-0.1, -0.05) is 6.07 Å². The highest BCUT2D eigenvalue weighted by atomic mass is 79.9. The van der Waals surface area contributed by atoms with E-state index >= 15 is 0 Å². The Morgan fingerprint density at radius 1 is 1.58 bits per heavy atom. The molecular weight excluding hydrogens is 227 g/mol. The number of hydrogen-bond acceptors (Lipinski definition) is 2. The van der Waals surface area contributed by atoms with Crippen LogP contribution in [0, 0.1) is 5.82 Å². The van der Waals surface area contributed by atoms with E-state index in [-0.39, 0.29) is 16.6 Å². The first-order valence-electron chi connectivity index (χ1n) is 3.26. The monoisotopic (exact) mass is 232 g/mol. The first-order chi connectivity index (χ1) is 5.66. The van der Waals surface area contributed by atoms with Crippen molar-refractivity contribution in [3.05, 3.63) is 28.0 Å². The standard InChI is InChI=1S/C8H6BrFO2/c9-7-6(10)2-1-5(3-4-11)8(7)12/h1-2,4,12H,3H2. The van der Waals surface area contributed by atoms with Crippen molar-refractivity contribution >= 4 is 22.2 Å². The number of benzene rings is 1. The van der Waals surface area contributed by atoms with Crippen molar-refractivity contribution in [2.45, 2.75) is 6.42 Å². The first kappa shape index (κ1) is 9.19. The predicted octanol–water partition coefficient (Wildman–Crippen LogP) is 2.04. The molecule has 0 heterocycles. The number of aldehydes is 1. The van der Waals surface area contributed by atoms with E-state index in [4.69, 9.17) is 0 Å². The summed E-state index contributed by atoms with van der Waals surface area (Å²) in [4.78, 5) is 10.1. The molecule has 2 nitrogen and oxygen atoms in total. The molecular formula is C8H6BrFO2. The van der Waals surface area contributed by atoms with Gasteiger partial charge in [-0.15, -0.1) is 0 Å². The Labute approximate surface area is 77.2 Å². The maximum atomic E-state index is 12.7. The van der Waals surface area contributed by atoms with Crippen molar-refractivity contribution in [2.24, 2.45) is 0 Å². The van der Waals surface area contributed by atoms with Crippen LogP contribution in [-0.4, -0.2) is 11.4 Å². The van der Waals surface area contributed by atoms with Crippen LogP contribution in [0.2, 0.25) is 0 Å². The molecule has 1 aromatic rings. The molecule has 1 aromatic carbocycles. The normalized spacial score (nSPS) is 9.83. The molecule has 1 N–H and O–H groups in total. The summed E-state index contributed by atoms with van der Waals surface area (Å²) in [6.45, 7) is 0. The van der Waals surface area contributed by atoms with Crippen LogP contribution in [0.5, 0.6) is 5.75 Å². The first-order valence-corrected chi connectivity index (χ1v) is 4.05. The van der Waals surface area contributed by atoms with E-state index in [1.165, 1.54) is 12.1 Å². The van der Waals surface area contributed by atoms with Crippen LogP contribution in [0.25, 0.3) is 0 Å². The third kappa shape index (κ3) is 1.64. The summed E-state index contributed by atoms with van der Waals surface area (Å²) in [5.74, 6) is -0.746. The van der Waals surface area contributed by atoms with E-state index in [2.05, 4.69) is 15.9 Å². The molecule has 1 rings (SSSR count). The average molecular weight is 233 g/mol. The number of hydrogen-bond donors (Lipinski definition) is 1. The smallest absolute Gasteiger partial charge is 0.141 e. The molecule has 0 aliphatic heterocycles. The van der Waals surface area contributed by atoms with E-state index in [1.54, 1.807) is 0 Å². The lowest BCUT2D eigenvalue weighted by Crippen LogP contribution is -1.89. The van der Waals surface area contributed by atoms with E-state index in [9.17, 15) is 14.3 Å². The van der Waals surface area contributed by atoms with Crippen LogP contribution in [0.1, 0.15) is 5.56 Å². The molecule has 0 saturated heterocycles. The second kappa shape index (κ2) is 3.67. The third-order valence-electron chi connectivity index (χ3n) is 1.46. The van der Waals surface area contributed by atoms with Gasteiger partial charge in [0, 0.05) is 12.0 Å². The van der Waals surface area contributed by atoms with Crippen molar-refractivity contribution < 1.29 is 14.3 Å². The van der Waals surface area contributed by atoms with Crippen molar-refractivity contribution in [3.8, 4) is 5.75 Å². The molecule has 12 heavy (non-hydrogen) atoms. The Morgan fingerprint density at radius 2 is 2.25 bits per heavy atom. The topological polar surface area (TPSA) is 37.3 Å². The molecule has 0 bridgehead atoms. The van der Waals surface area contributed by atoms with E-state index in [0.29, 0.717) is 11.8 Å². The Kier molecular flexibility index (Phi) is 2.81. The lowest BCUT2D eigenvalue weighted by atomic mass is 10.1. The van der Waals surface area contributed by atoms with Crippen LogP contribution in [0.4, 0.5) is 4.39 Å². The summed E-state index contributed by atoms with van der Waals surface area (Å²) in [6.07, 6.45) is 0.740. The molecule has 0 unspecified atom stereocenters. The largest absolute Gasteiger partial charge is 0.506 e. The summed E-state index contributed by atoms with van der Waals surface area (Å²) in [5.41, 5.74) is 0.415. The number of aromatic hydroxyl groups is 1. The predicted molar refractivity (Wildman–Crippen MR) is 45.5 cm³/mol. The SMILES string of the molecule is O=CCc1ccc(F)c(Br)c1O. The van der Waals surface area contributed by atoms with Gasteiger partial charge in [0.05, 0.1) is 4.47 Å². The fraction of sp³-hybridized carbons (Fsp3) is 0.125. The van der Waals surface area contributed by atoms with Gasteiger partial charge >= 0.3 is 0 Å². The Morgan fingerprint density at radius 3 is 2.83 bits per heavy atom. The average Bonchev–Trinajstić information content (AvgIpc) is 2.07. The highest BCUT2D eigenvalue weighted by molar-refractivity contribution is 9.10. The van der Waals surface area contributed by atoms with E-state index in [0.717, 1.165) is 0 Å². The molecule has 0 amide bonds. The fourth-order valence-corrected chi connectivity index (χ4v) is 1.22. The van der Waals surface area contributed by atoms with Gasteiger partial charge in [-0.25, -0.2) is 4.39 Å². The van der Waals surface area contributed by atoms with Crippen molar-refractivity contribution in [1.82, 2.24) is 0 Å². The maximum absolute atomic E-state index is 12.7. The second-order valence-corrected chi connectivity index (χ2v) is 3.03. The van der Waals surface area contributed by atoms with Crippen LogP contribution in [-0.2, 0) is 11.2 Å². The van der Waals surface area contributed by atoms with Gasteiger partial charge in [0.2, 0.25) is 0 Å². The van der Waals surface area contributed by atoms with Gasteiger partial charge in [0.1, 0.15) is 17.9 Å². The summed E-state index contributed by atoms with van der Waals surface area (Å²) in [6, 6.07) is 2.58. The number of phenolic OH excluding ortho intramolecular Hbond substituents is 1. The van der Waals surface area contributed by atoms with Gasteiger partial charge in [0.25, 0.3) is 0 Å². The summed E-state index contributed by atoms with van der Waals surface area (Å²) < 4.78 is 12.7. The minimum atomic E-state index is -0.540. The van der Waals surface area contributed by atoms with E-state index < -0.39 is 5.82 Å². The maximum Gasteiger partial charge on any atom is 0.141 e. The lowest BCUT2D eigenvalue weighted by molar-refractivity contribution is -0.107. The van der Waals surface area contributed by atoms with Gasteiger partial charge in [-0.2, -0.15) is 0 Å². The highest BCUT2D eigenvalue weighted by Gasteiger charge is 2.08. The van der Waals surface area contributed by atoms with Crippen molar-refractivity contribution in [1.29, 1.82) is 0 Å². The second-order valence-electron chi connectivity index (χ2n) is 2.24. The number of halogens is 2. The van der Waals surface area contributed by atoms with Gasteiger partial charge in [0.15, 0.2) is 0 Å². The molecule has 0 spiro atoms. The van der Waals surface area contributed by atoms with Crippen LogP contribution in [0.3, 0.4) is 0 Å². The van der Waals surface area contributed by atoms with Gasteiger partial charge in [-0.3, -0.25) is 0 Å². The Balaban J connectivity index is 3.16. The van der Waals surface area contributed by atoms with Gasteiger partial charge in [-0.05, 0) is 22.0 Å². The Hall–Kier alpha value is -0.900. The van der Waals surface area contributed by atoms with Crippen molar-refractivity contribution in [3.63, 3.8) is 0 Å². The summed E-state index contributed by atoms with van der Waals surface area (Å²) in [5, 5.41) is 9.26. The molecule has 0 saturated carbocycles. The molecule has 0 aliphatic carbocycles. The summed E-state index contributed by atoms with van der Waals surface area (Å²) >= 11 is 2.86. The quantitative estimate of drug-likeness (QED) is 0.793. The highest BCUT2D eigenvalue weighted by Crippen LogP contribution is 2.30. The number of carbonyl (C=O) groups is 1. The molecule has 0 fully saturated rings. The Bertz CT molecular complexity index is 312. The number of rotatable bonds is 2. The summed E-state index contributed by atoms with van der Waals surface area (Å²) in [7, 11) is 0. The zero-order valence-corrected chi connectivity index (χ0v) is 7.64. The minimum Gasteiger partial charge on any atom is -0.506 e. The zero-order valence-electron chi connectivity index (χ0n) is 6.05. The molecule has 0 aliphatic rings. The van der Waals surface area contributed by atoms with Gasteiger partial charge < -0.3 is 9.90 Å². The van der Waals surface area contributed by atoms with Crippen LogP contribution >= 0.6 is 15.9 Å². The zero-order chi connectivity index (χ0) is 9.14. The lowest BCUT2D eigenvalue weighted by Gasteiger charge is -2.02. The fourth-order valence-electron chi connectivity index (χ4n) is 0.834. The molecule has 4 heteroatoms. The van der Waals surface area contributed by atoms with Crippen LogP contribution < -0.4 is 0 Å². The molecule has 0 aromatic heterocycles. The van der Waals surface area contributed by atoms with E-state index in [1.807, 2.05) is 0 Å². The molecule has 0 radical (unpaired) electrons. The molecule has 64 valence electrons. The third-order valence-corrected chi connectivity index (χ3v) is 2.21. The minimum absolute atomic E-state index is 0.00171. The number of phenols is 1. The van der Waals surface area contributed by atoms with Crippen molar-refractivity contribution in [2.75, 3.05) is 0 Å². The van der Waals surface area contributed by atoms with Crippen LogP contribution in [0.15, 0.2) is 16.6 Å². The number of carbonyl (C=O) groups excluding carboxylic acids is 1.